The highest BCUT2D eigenvalue weighted by Gasteiger charge is 2.15. The maximum absolute atomic E-state index is 6.11. The Hall–Kier alpha value is -1.39. The van der Waals surface area contributed by atoms with Crippen molar-refractivity contribution in [2.75, 3.05) is 19.7 Å². The molecule has 0 amide bonds. The summed E-state index contributed by atoms with van der Waals surface area (Å²) in [5.41, 5.74) is 1.61. The summed E-state index contributed by atoms with van der Waals surface area (Å²) in [6.45, 7) is 2.78. The molecule has 1 aliphatic heterocycles. The molecule has 3 rings (SSSR count). The van der Waals surface area contributed by atoms with Gasteiger partial charge in [0.25, 0.3) is 5.88 Å². The van der Waals surface area contributed by atoms with Crippen molar-refractivity contribution in [1.82, 2.24) is 15.3 Å². The van der Waals surface area contributed by atoms with Crippen molar-refractivity contribution in [2.24, 2.45) is 5.92 Å². The lowest BCUT2D eigenvalue weighted by Gasteiger charge is -2.22. The van der Waals surface area contributed by atoms with Gasteiger partial charge in [-0.15, -0.1) is 0 Å². The standard InChI is InChI=1S/C14H16ClN3O/c15-13-14(19-9-10-5-7-16-8-6-10)18-12-4-2-1-3-11(12)17-13/h1-4,10,16H,5-9H2. The third-order valence-corrected chi connectivity index (χ3v) is 3.66. The molecule has 100 valence electrons. The first kappa shape index (κ1) is 12.6. The van der Waals surface area contributed by atoms with Crippen LogP contribution in [-0.2, 0) is 0 Å². The average molecular weight is 278 g/mol. The van der Waals surface area contributed by atoms with Crippen LogP contribution >= 0.6 is 11.6 Å². The predicted octanol–water partition coefficient (Wildman–Crippen LogP) is 2.66. The van der Waals surface area contributed by atoms with Crippen molar-refractivity contribution in [3.63, 3.8) is 0 Å². The molecule has 1 fully saturated rings. The van der Waals surface area contributed by atoms with Gasteiger partial charge in [-0.3, -0.25) is 0 Å². The molecule has 0 unspecified atom stereocenters. The van der Waals surface area contributed by atoms with Gasteiger partial charge in [-0.1, -0.05) is 23.7 Å². The molecular formula is C14H16ClN3O. The van der Waals surface area contributed by atoms with Gasteiger partial charge in [0.05, 0.1) is 17.6 Å². The fourth-order valence-electron chi connectivity index (χ4n) is 2.30. The smallest absolute Gasteiger partial charge is 0.252 e. The van der Waals surface area contributed by atoms with E-state index in [2.05, 4.69) is 15.3 Å². The Balaban J connectivity index is 1.74. The highest BCUT2D eigenvalue weighted by Crippen LogP contribution is 2.24. The first-order chi connectivity index (χ1) is 9.33. The Morgan fingerprint density at radius 3 is 2.58 bits per heavy atom. The van der Waals surface area contributed by atoms with E-state index in [4.69, 9.17) is 16.3 Å². The van der Waals surface area contributed by atoms with Gasteiger partial charge in [0.2, 0.25) is 0 Å². The normalized spacial score (nSPS) is 16.7. The summed E-state index contributed by atoms with van der Waals surface area (Å²) >= 11 is 6.11. The summed E-state index contributed by atoms with van der Waals surface area (Å²) in [6, 6.07) is 7.66. The predicted molar refractivity (Wildman–Crippen MR) is 75.6 cm³/mol. The number of hydrogen-bond acceptors (Lipinski definition) is 4. The number of rotatable bonds is 3. The first-order valence-corrected chi connectivity index (χ1v) is 6.96. The molecule has 4 nitrogen and oxygen atoms in total. The van der Waals surface area contributed by atoms with Crippen molar-refractivity contribution >= 4 is 22.6 Å². The zero-order chi connectivity index (χ0) is 13.1. The van der Waals surface area contributed by atoms with Gasteiger partial charge in [-0.25, -0.2) is 9.97 Å². The van der Waals surface area contributed by atoms with E-state index < -0.39 is 0 Å². The van der Waals surface area contributed by atoms with Crippen molar-refractivity contribution in [2.45, 2.75) is 12.8 Å². The number of halogens is 1. The molecule has 0 aliphatic carbocycles. The Kier molecular flexibility index (Phi) is 3.80. The molecule has 19 heavy (non-hydrogen) atoms. The minimum Gasteiger partial charge on any atom is -0.475 e. The topological polar surface area (TPSA) is 47.0 Å². The monoisotopic (exact) mass is 277 g/mol. The molecule has 1 N–H and O–H groups in total. The van der Waals surface area contributed by atoms with E-state index in [0.29, 0.717) is 23.6 Å². The van der Waals surface area contributed by atoms with E-state index in [1.807, 2.05) is 24.3 Å². The zero-order valence-electron chi connectivity index (χ0n) is 10.6. The van der Waals surface area contributed by atoms with Crippen LogP contribution in [0.15, 0.2) is 24.3 Å². The minimum atomic E-state index is 0.340. The van der Waals surface area contributed by atoms with Crippen molar-refractivity contribution < 1.29 is 4.74 Å². The quantitative estimate of drug-likeness (QED) is 0.937. The van der Waals surface area contributed by atoms with E-state index >= 15 is 0 Å². The number of hydrogen-bond donors (Lipinski definition) is 1. The van der Waals surface area contributed by atoms with E-state index in [1.165, 1.54) is 0 Å². The van der Waals surface area contributed by atoms with E-state index in [1.54, 1.807) is 0 Å². The number of benzene rings is 1. The van der Waals surface area contributed by atoms with Crippen LogP contribution in [0.5, 0.6) is 5.88 Å². The minimum absolute atomic E-state index is 0.340. The third-order valence-electron chi connectivity index (χ3n) is 3.41. The lowest BCUT2D eigenvalue weighted by atomic mass is 9.99. The third kappa shape index (κ3) is 2.96. The van der Waals surface area contributed by atoms with Crippen LogP contribution in [-0.4, -0.2) is 29.7 Å². The fraction of sp³-hybridized carbons (Fsp3) is 0.429. The molecule has 1 aromatic heterocycles. The van der Waals surface area contributed by atoms with Crippen molar-refractivity contribution in [3.05, 3.63) is 29.4 Å². The number of piperidine rings is 1. The molecule has 1 saturated heterocycles. The highest BCUT2D eigenvalue weighted by molar-refractivity contribution is 6.31. The molecular weight excluding hydrogens is 262 g/mol. The van der Waals surface area contributed by atoms with Crippen LogP contribution in [0.1, 0.15) is 12.8 Å². The molecule has 0 bridgehead atoms. The summed E-state index contributed by atoms with van der Waals surface area (Å²) < 4.78 is 5.75. The number of aromatic nitrogens is 2. The molecule has 5 heteroatoms. The van der Waals surface area contributed by atoms with Gasteiger partial charge in [-0.2, -0.15) is 0 Å². The molecule has 2 heterocycles. The number of para-hydroxylation sites is 2. The molecule has 0 atom stereocenters. The molecule has 1 aromatic carbocycles. The molecule has 0 saturated carbocycles. The Morgan fingerprint density at radius 1 is 1.16 bits per heavy atom. The maximum Gasteiger partial charge on any atom is 0.252 e. The van der Waals surface area contributed by atoms with Crippen LogP contribution in [0.4, 0.5) is 0 Å². The lowest BCUT2D eigenvalue weighted by Crippen LogP contribution is -2.30. The number of fused-ring (bicyclic) bond motifs is 1. The summed E-state index contributed by atoms with van der Waals surface area (Å²) in [4.78, 5) is 8.73. The second kappa shape index (κ2) is 5.72. The van der Waals surface area contributed by atoms with Gasteiger partial charge in [0, 0.05) is 0 Å². The summed E-state index contributed by atoms with van der Waals surface area (Å²) in [5.74, 6) is 1.02. The largest absolute Gasteiger partial charge is 0.475 e. The molecule has 0 spiro atoms. The van der Waals surface area contributed by atoms with E-state index in [9.17, 15) is 0 Å². The fourth-order valence-corrected chi connectivity index (χ4v) is 2.49. The number of ether oxygens (including phenoxy) is 1. The van der Waals surface area contributed by atoms with Gasteiger partial charge >= 0.3 is 0 Å². The first-order valence-electron chi connectivity index (χ1n) is 6.59. The van der Waals surface area contributed by atoms with Crippen LogP contribution in [0.25, 0.3) is 11.0 Å². The number of nitrogens with zero attached hydrogens (tertiary/aromatic N) is 2. The molecule has 2 aromatic rings. The van der Waals surface area contributed by atoms with Crippen LogP contribution in [0, 0.1) is 5.92 Å². The Labute approximate surface area is 117 Å². The molecule has 1 aliphatic rings. The number of nitrogens with one attached hydrogen (secondary N) is 1. The van der Waals surface area contributed by atoms with Crippen molar-refractivity contribution in [1.29, 1.82) is 0 Å². The lowest BCUT2D eigenvalue weighted by molar-refractivity contribution is 0.209. The van der Waals surface area contributed by atoms with E-state index in [-0.39, 0.29) is 0 Å². The average Bonchev–Trinajstić information content (AvgIpc) is 2.46. The van der Waals surface area contributed by atoms with Crippen LogP contribution in [0.2, 0.25) is 5.15 Å². The SMILES string of the molecule is Clc1nc2ccccc2nc1OCC1CCNCC1. The Bertz CT molecular complexity index is 570. The van der Waals surface area contributed by atoms with Crippen LogP contribution < -0.4 is 10.1 Å². The van der Waals surface area contributed by atoms with E-state index in [0.717, 1.165) is 37.0 Å². The maximum atomic E-state index is 6.11. The summed E-state index contributed by atoms with van der Waals surface area (Å²) in [7, 11) is 0. The van der Waals surface area contributed by atoms with Crippen molar-refractivity contribution in [3.8, 4) is 5.88 Å². The second-order valence-electron chi connectivity index (χ2n) is 4.81. The van der Waals surface area contributed by atoms with Crippen LogP contribution in [0.3, 0.4) is 0 Å². The summed E-state index contributed by atoms with van der Waals surface area (Å²) in [6.07, 6.45) is 2.28. The van der Waals surface area contributed by atoms with Gasteiger partial charge in [0.15, 0.2) is 5.15 Å². The summed E-state index contributed by atoms with van der Waals surface area (Å²) in [5, 5.41) is 3.68. The van der Waals surface area contributed by atoms with Gasteiger partial charge in [0.1, 0.15) is 0 Å². The molecule has 0 radical (unpaired) electrons. The van der Waals surface area contributed by atoms with Gasteiger partial charge < -0.3 is 10.1 Å². The highest BCUT2D eigenvalue weighted by atomic mass is 35.5. The zero-order valence-corrected chi connectivity index (χ0v) is 11.4. The second-order valence-corrected chi connectivity index (χ2v) is 5.17. The Morgan fingerprint density at radius 2 is 1.84 bits per heavy atom. The van der Waals surface area contributed by atoms with Gasteiger partial charge in [-0.05, 0) is 44.0 Å².